The summed E-state index contributed by atoms with van der Waals surface area (Å²) in [6.45, 7) is 1.04. The summed E-state index contributed by atoms with van der Waals surface area (Å²) < 4.78 is 27.6. The summed E-state index contributed by atoms with van der Waals surface area (Å²) in [5.74, 6) is 0.478. The molecule has 1 aliphatic rings. The molecule has 6 nitrogen and oxygen atoms in total. The van der Waals surface area contributed by atoms with Gasteiger partial charge in [-0.15, -0.1) is 0 Å². The van der Waals surface area contributed by atoms with E-state index < -0.39 is 10.0 Å². The summed E-state index contributed by atoms with van der Waals surface area (Å²) in [4.78, 5) is 12.0. The van der Waals surface area contributed by atoms with Crippen LogP contribution >= 0.6 is 11.6 Å². The van der Waals surface area contributed by atoms with Crippen molar-refractivity contribution in [1.29, 1.82) is 0 Å². The van der Waals surface area contributed by atoms with Crippen molar-refractivity contribution in [2.45, 2.75) is 17.7 Å². The maximum absolute atomic E-state index is 12.6. The van der Waals surface area contributed by atoms with Crippen LogP contribution in [-0.2, 0) is 14.8 Å². The molecule has 0 aliphatic heterocycles. The third-order valence-electron chi connectivity index (χ3n) is 3.96. The van der Waals surface area contributed by atoms with Crippen LogP contribution in [0.4, 0.5) is 11.4 Å². The Kier molecular flexibility index (Phi) is 5.80. The average Bonchev–Trinajstić information content (AvgIpc) is 3.41. The number of anilines is 2. The fourth-order valence-corrected chi connectivity index (χ4v) is 3.77. The van der Waals surface area contributed by atoms with Gasteiger partial charge in [0, 0.05) is 5.69 Å². The van der Waals surface area contributed by atoms with Crippen LogP contribution in [-0.4, -0.2) is 27.4 Å². The molecule has 0 atom stereocenters. The van der Waals surface area contributed by atoms with Crippen molar-refractivity contribution in [2.24, 2.45) is 5.92 Å². The molecule has 0 unspecified atom stereocenters. The SMILES string of the molecule is O=C(CNCC1CC1)Nc1cccc(S(=O)(=O)Nc2ccccc2Cl)c1. The molecule has 138 valence electrons. The molecule has 0 aromatic heterocycles. The molecule has 26 heavy (non-hydrogen) atoms. The van der Waals surface area contributed by atoms with Crippen molar-refractivity contribution in [3.05, 3.63) is 53.6 Å². The van der Waals surface area contributed by atoms with Crippen LogP contribution in [0, 0.1) is 5.92 Å². The van der Waals surface area contributed by atoms with E-state index in [9.17, 15) is 13.2 Å². The van der Waals surface area contributed by atoms with Gasteiger partial charge in [-0.05, 0) is 55.6 Å². The number of para-hydroxylation sites is 1. The van der Waals surface area contributed by atoms with Crippen molar-refractivity contribution in [3.8, 4) is 0 Å². The van der Waals surface area contributed by atoms with Gasteiger partial charge >= 0.3 is 0 Å². The third kappa shape index (κ3) is 5.20. The fourth-order valence-electron chi connectivity index (χ4n) is 2.41. The van der Waals surface area contributed by atoms with Crippen molar-refractivity contribution in [1.82, 2.24) is 5.32 Å². The van der Waals surface area contributed by atoms with Gasteiger partial charge in [-0.3, -0.25) is 9.52 Å². The van der Waals surface area contributed by atoms with Crippen LogP contribution in [0.1, 0.15) is 12.8 Å². The minimum absolute atomic E-state index is 0.0427. The van der Waals surface area contributed by atoms with Crippen molar-refractivity contribution < 1.29 is 13.2 Å². The molecule has 2 aromatic rings. The van der Waals surface area contributed by atoms with Gasteiger partial charge in [-0.25, -0.2) is 8.42 Å². The molecule has 2 aromatic carbocycles. The molecular formula is C18H20ClN3O3S. The first-order valence-corrected chi connectivity index (χ1v) is 10.2. The molecule has 1 amide bonds. The van der Waals surface area contributed by atoms with Gasteiger partial charge in [0.2, 0.25) is 5.91 Å². The summed E-state index contributed by atoms with van der Waals surface area (Å²) in [7, 11) is -3.82. The molecule has 0 saturated heterocycles. The monoisotopic (exact) mass is 393 g/mol. The zero-order chi connectivity index (χ0) is 18.6. The lowest BCUT2D eigenvalue weighted by Crippen LogP contribution is -2.29. The number of nitrogens with one attached hydrogen (secondary N) is 3. The van der Waals surface area contributed by atoms with E-state index in [1.54, 1.807) is 36.4 Å². The van der Waals surface area contributed by atoms with Crippen LogP contribution in [0.3, 0.4) is 0 Å². The minimum atomic E-state index is -3.82. The lowest BCUT2D eigenvalue weighted by Gasteiger charge is -2.11. The second kappa shape index (κ2) is 8.07. The van der Waals surface area contributed by atoms with Gasteiger partial charge < -0.3 is 10.6 Å². The maximum atomic E-state index is 12.6. The van der Waals surface area contributed by atoms with Crippen LogP contribution in [0.5, 0.6) is 0 Å². The van der Waals surface area contributed by atoms with E-state index in [-0.39, 0.29) is 17.3 Å². The smallest absolute Gasteiger partial charge is 0.262 e. The van der Waals surface area contributed by atoms with E-state index in [0.29, 0.717) is 22.3 Å². The summed E-state index contributed by atoms with van der Waals surface area (Å²) >= 11 is 6.00. The van der Waals surface area contributed by atoms with E-state index in [2.05, 4.69) is 15.4 Å². The quantitative estimate of drug-likeness (QED) is 0.643. The lowest BCUT2D eigenvalue weighted by atomic mass is 10.3. The second-order valence-electron chi connectivity index (χ2n) is 6.24. The van der Waals surface area contributed by atoms with Gasteiger partial charge in [0.05, 0.1) is 22.2 Å². The highest BCUT2D eigenvalue weighted by atomic mass is 35.5. The highest BCUT2D eigenvalue weighted by Crippen LogP contribution is 2.27. The Balaban J connectivity index is 1.65. The predicted octanol–water partition coefficient (Wildman–Crippen LogP) is 3.08. The number of benzene rings is 2. The predicted molar refractivity (Wildman–Crippen MR) is 103 cm³/mol. The second-order valence-corrected chi connectivity index (χ2v) is 8.33. The zero-order valence-corrected chi connectivity index (χ0v) is 15.6. The number of amides is 1. The first-order chi connectivity index (χ1) is 12.4. The number of hydrogen-bond donors (Lipinski definition) is 3. The summed E-state index contributed by atoms with van der Waals surface area (Å²) in [5.41, 5.74) is 0.720. The molecule has 8 heteroatoms. The Labute approximate surface area is 158 Å². The van der Waals surface area contributed by atoms with Gasteiger partial charge in [-0.2, -0.15) is 0 Å². The molecule has 0 heterocycles. The van der Waals surface area contributed by atoms with Crippen LogP contribution in [0.25, 0.3) is 0 Å². The Hall–Kier alpha value is -2.09. The Morgan fingerprint density at radius 2 is 1.88 bits per heavy atom. The average molecular weight is 394 g/mol. The summed E-state index contributed by atoms with van der Waals surface area (Å²) in [6, 6.07) is 12.7. The van der Waals surface area contributed by atoms with E-state index in [1.807, 2.05) is 0 Å². The van der Waals surface area contributed by atoms with Crippen molar-refractivity contribution in [2.75, 3.05) is 23.1 Å². The van der Waals surface area contributed by atoms with Gasteiger partial charge in [-0.1, -0.05) is 29.8 Å². The fraction of sp³-hybridized carbons (Fsp3) is 0.278. The number of hydrogen-bond acceptors (Lipinski definition) is 4. The first-order valence-electron chi connectivity index (χ1n) is 8.32. The van der Waals surface area contributed by atoms with Gasteiger partial charge in [0.1, 0.15) is 0 Å². The normalized spacial score (nSPS) is 14.0. The maximum Gasteiger partial charge on any atom is 0.262 e. The molecule has 0 radical (unpaired) electrons. The molecule has 1 saturated carbocycles. The number of rotatable bonds is 8. The van der Waals surface area contributed by atoms with Crippen LogP contribution in [0.15, 0.2) is 53.4 Å². The Morgan fingerprint density at radius 1 is 1.12 bits per heavy atom. The number of sulfonamides is 1. The summed E-state index contributed by atoms with van der Waals surface area (Å²) in [6.07, 6.45) is 2.43. The number of carbonyl (C=O) groups excluding carboxylic acids is 1. The molecule has 0 spiro atoms. The molecular weight excluding hydrogens is 374 g/mol. The van der Waals surface area contributed by atoms with Crippen molar-refractivity contribution >= 4 is 38.9 Å². The number of halogens is 1. The molecule has 1 fully saturated rings. The minimum Gasteiger partial charge on any atom is -0.325 e. The van der Waals surface area contributed by atoms with E-state index in [0.717, 1.165) is 6.54 Å². The summed E-state index contributed by atoms with van der Waals surface area (Å²) in [5, 5.41) is 6.11. The highest BCUT2D eigenvalue weighted by molar-refractivity contribution is 7.92. The molecule has 0 bridgehead atoms. The zero-order valence-electron chi connectivity index (χ0n) is 14.0. The first kappa shape index (κ1) is 18.7. The van der Waals surface area contributed by atoms with E-state index in [1.165, 1.54) is 25.0 Å². The molecule has 1 aliphatic carbocycles. The lowest BCUT2D eigenvalue weighted by molar-refractivity contribution is -0.115. The topological polar surface area (TPSA) is 87.3 Å². The largest absolute Gasteiger partial charge is 0.325 e. The van der Waals surface area contributed by atoms with Gasteiger partial charge in [0.15, 0.2) is 0 Å². The Bertz CT molecular complexity index is 898. The van der Waals surface area contributed by atoms with Crippen LogP contribution < -0.4 is 15.4 Å². The van der Waals surface area contributed by atoms with Crippen LogP contribution in [0.2, 0.25) is 5.02 Å². The molecule has 3 N–H and O–H groups in total. The standard InChI is InChI=1S/C18H20ClN3O3S/c19-16-6-1-2-7-17(16)22-26(24,25)15-5-3-4-14(10-15)21-18(23)12-20-11-13-8-9-13/h1-7,10,13,20,22H,8-9,11-12H2,(H,21,23). The van der Waals surface area contributed by atoms with Gasteiger partial charge in [0.25, 0.3) is 10.0 Å². The highest BCUT2D eigenvalue weighted by Gasteiger charge is 2.20. The Morgan fingerprint density at radius 3 is 2.62 bits per heavy atom. The van der Waals surface area contributed by atoms with Crippen molar-refractivity contribution in [3.63, 3.8) is 0 Å². The number of carbonyl (C=O) groups is 1. The molecule has 3 rings (SSSR count). The van der Waals surface area contributed by atoms with E-state index >= 15 is 0 Å². The third-order valence-corrected chi connectivity index (χ3v) is 5.65. The van der Waals surface area contributed by atoms with E-state index in [4.69, 9.17) is 11.6 Å².